The molecule has 1 fully saturated rings. The Balaban J connectivity index is 2.16. The average molecular weight is 200 g/mol. The zero-order valence-electron chi connectivity index (χ0n) is 9.30. The SMILES string of the molecule is CCOCC(CC1CCCCC1)NN. The lowest BCUT2D eigenvalue weighted by Gasteiger charge is -2.25. The number of ether oxygens (including phenoxy) is 1. The van der Waals surface area contributed by atoms with Gasteiger partial charge in [-0.1, -0.05) is 32.1 Å². The summed E-state index contributed by atoms with van der Waals surface area (Å²) < 4.78 is 5.39. The number of nitrogens with one attached hydrogen (secondary N) is 1. The third-order valence-corrected chi connectivity index (χ3v) is 3.10. The molecule has 3 heteroatoms. The summed E-state index contributed by atoms with van der Waals surface area (Å²) in [5.41, 5.74) is 2.86. The maximum atomic E-state index is 5.50. The van der Waals surface area contributed by atoms with Gasteiger partial charge in [-0.2, -0.15) is 0 Å². The molecule has 0 aromatic heterocycles. The second kappa shape index (κ2) is 7.21. The number of rotatable bonds is 6. The van der Waals surface area contributed by atoms with Crippen LogP contribution in [-0.2, 0) is 4.74 Å². The van der Waals surface area contributed by atoms with Crippen molar-refractivity contribution in [3.8, 4) is 0 Å². The molecule has 1 aliphatic carbocycles. The van der Waals surface area contributed by atoms with E-state index in [-0.39, 0.29) is 0 Å². The van der Waals surface area contributed by atoms with Gasteiger partial charge in [-0.15, -0.1) is 0 Å². The van der Waals surface area contributed by atoms with Crippen molar-refractivity contribution in [3.05, 3.63) is 0 Å². The third-order valence-electron chi connectivity index (χ3n) is 3.10. The van der Waals surface area contributed by atoms with Crippen LogP contribution in [0.15, 0.2) is 0 Å². The fourth-order valence-electron chi connectivity index (χ4n) is 2.27. The predicted octanol–water partition coefficient (Wildman–Crippen LogP) is 1.83. The molecule has 0 bridgehead atoms. The van der Waals surface area contributed by atoms with Crippen LogP contribution in [-0.4, -0.2) is 19.3 Å². The molecule has 1 aliphatic rings. The molecular formula is C11H24N2O. The van der Waals surface area contributed by atoms with Crippen molar-refractivity contribution in [2.75, 3.05) is 13.2 Å². The van der Waals surface area contributed by atoms with Gasteiger partial charge in [0.15, 0.2) is 0 Å². The van der Waals surface area contributed by atoms with Crippen LogP contribution in [0.4, 0.5) is 0 Å². The summed E-state index contributed by atoms with van der Waals surface area (Å²) >= 11 is 0. The Morgan fingerprint density at radius 2 is 2.07 bits per heavy atom. The Bertz CT molecular complexity index is 135. The number of nitrogens with two attached hydrogens (primary N) is 1. The van der Waals surface area contributed by atoms with Gasteiger partial charge >= 0.3 is 0 Å². The summed E-state index contributed by atoms with van der Waals surface area (Å²) in [4.78, 5) is 0. The summed E-state index contributed by atoms with van der Waals surface area (Å²) in [6.07, 6.45) is 8.15. The van der Waals surface area contributed by atoms with Crippen molar-refractivity contribution >= 4 is 0 Å². The molecule has 1 atom stereocenters. The van der Waals surface area contributed by atoms with E-state index in [1.807, 2.05) is 6.92 Å². The van der Waals surface area contributed by atoms with E-state index in [9.17, 15) is 0 Å². The fourth-order valence-corrected chi connectivity index (χ4v) is 2.27. The van der Waals surface area contributed by atoms with E-state index in [4.69, 9.17) is 10.6 Å². The first kappa shape index (κ1) is 12.0. The van der Waals surface area contributed by atoms with E-state index in [2.05, 4.69) is 5.43 Å². The molecule has 0 heterocycles. The minimum atomic E-state index is 0.345. The van der Waals surface area contributed by atoms with E-state index in [1.165, 1.54) is 38.5 Å². The van der Waals surface area contributed by atoms with Crippen LogP contribution < -0.4 is 11.3 Å². The van der Waals surface area contributed by atoms with E-state index in [0.717, 1.165) is 19.1 Å². The van der Waals surface area contributed by atoms with Gasteiger partial charge in [0.25, 0.3) is 0 Å². The summed E-state index contributed by atoms with van der Waals surface area (Å²) in [6.45, 7) is 3.56. The van der Waals surface area contributed by atoms with Gasteiger partial charge < -0.3 is 4.74 Å². The highest BCUT2D eigenvalue weighted by molar-refractivity contribution is 4.72. The van der Waals surface area contributed by atoms with Gasteiger partial charge in [0.2, 0.25) is 0 Å². The zero-order chi connectivity index (χ0) is 10.2. The molecule has 0 spiro atoms. The first-order valence-corrected chi connectivity index (χ1v) is 5.90. The molecule has 3 nitrogen and oxygen atoms in total. The van der Waals surface area contributed by atoms with Gasteiger partial charge in [0.05, 0.1) is 6.61 Å². The lowest BCUT2D eigenvalue weighted by molar-refractivity contribution is 0.111. The Morgan fingerprint density at radius 1 is 1.36 bits per heavy atom. The van der Waals surface area contributed by atoms with Crippen molar-refractivity contribution in [1.29, 1.82) is 0 Å². The van der Waals surface area contributed by atoms with E-state index in [1.54, 1.807) is 0 Å². The Morgan fingerprint density at radius 3 is 2.64 bits per heavy atom. The molecule has 0 aromatic carbocycles. The molecule has 1 unspecified atom stereocenters. The zero-order valence-corrected chi connectivity index (χ0v) is 9.30. The molecule has 1 saturated carbocycles. The van der Waals surface area contributed by atoms with Gasteiger partial charge in [-0.3, -0.25) is 11.3 Å². The molecule has 0 saturated heterocycles. The molecule has 0 radical (unpaired) electrons. The molecule has 3 N–H and O–H groups in total. The fraction of sp³-hybridized carbons (Fsp3) is 1.00. The van der Waals surface area contributed by atoms with Gasteiger partial charge in [-0.25, -0.2) is 0 Å². The van der Waals surface area contributed by atoms with Gasteiger partial charge in [-0.05, 0) is 19.3 Å². The topological polar surface area (TPSA) is 47.3 Å². The van der Waals surface area contributed by atoms with Crippen LogP contribution in [0.1, 0.15) is 45.4 Å². The predicted molar refractivity (Wildman–Crippen MR) is 58.8 cm³/mol. The second-order valence-electron chi connectivity index (χ2n) is 4.26. The van der Waals surface area contributed by atoms with Gasteiger partial charge in [0, 0.05) is 12.6 Å². The maximum absolute atomic E-state index is 5.50. The standard InChI is InChI=1S/C11H24N2O/c1-2-14-9-11(13-12)8-10-6-4-3-5-7-10/h10-11,13H,2-9,12H2,1H3. The van der Waals surface area contributed by atoms with Crippen molar-refractivity contribution in [1.82, 2.24) is 5.43 Å². The summed E-state index contributed by atoms with van der Waals surface area (Å²) in [6, 6.07) is 0.345. The minimum Gasteiger partial charge on any atom is -0.380 e. The lowest BCUT2D eigenvalue weighted by Crippen LogP contribution is -2.40. The van der Waals surface area contributed by atoms with Crippen molar-refractivity contribution in [2.45, 2.75) is 51.5 Å². The Kier molecular flexibility index (Phi) is 6.15. The quantitative estimate of drug-likeness (QED) is 0.508. The molecule has 0 amide bonds. The first-order valence-electron chi connectivity index (χ1n) is 5.90. The normalized spacial score (nSPS) is 21.0. The van der Waals surface area contributed by atoms with Crippen molar-refractivity contribution < 1.29 is 4.74 Å². The van der Waals surface area contributed by atoms with Gasteiger partial charge in [0.1, 0.15) is 0 Å². The van der Waals surface area contributed by atoms with E-state index < -0.39 is 0 Å². The smallest absolute Gasteiger partial charge is 0.0633 e. The molecule has 0 aromatic rings. The molecule has 0 aliphatic heterocycles. The second-order valence-corrected chi connectivity index (χ2v) is 4.26. The highest BCUT2D eigenvalue weighted by Gasteiger charge is 2.17. The maximum Gasteiger partial charge on any atom is 0.0633 e. The molecule has 1 rings (SSSR count). The molecule has 14 heavy (non-hydrogen) atoms. The lowest BCUT2D eigenvalue weighted by atomic mass is 9.85. The van der Waals surface area contributed by atoms with Crippen molar-refractivity contribution in [3.63, 3.8) is 0 Å². The Labute approximate surface area is 87.4 Å². The first-order chi connectivity index (χ1) is 6.86. The van der Waals surface area contributed by atoms with Crippen LogP contribution in [0.5, 0.6) is 0 Å². The number of hydrogen-bond acceptors (Lipinski definition) is 3. The third kappa shape index (κ3) is 4.40. The number of hydrogen-bond donors (Lipinski definition) is 2. The van der Waals surface area contributed by atoms with E-state index in [0.29, 0.717) is 6.04 Å². The van der Waals surface area contributed by atoms with Crippen LogP contribution >= 0.6 is 0 Å². The van der Waals surface area contributed by atoms with Crippen LogP contribution in [0, 0.1) is 5.92 Å². The summed E-state index contributed by atoms with van der Waals surface area (Å²) in [7, 11) is 0. The van der Waals surface area contributed by atoms with E-state index >= 15 is 0 Å². The largest absolute Gasteiger partial charge is 0.380 e. The Hall–Kier alpha value is -0.120. The van der Waals surface area contributed by atoms with Crippen LogP contribution in [0.25, 0.3) is 0 Å². The monoisotopic (exact) mass is 200 g/mol. The molecule has 84 valence electrons. The van der Waals surface area contributed by atoms with Crippen LogP contribution in [0.2, 0.25) is 0 Å². The minimum absolute atomic E-state index is 0.345. The highest BCUT2D eigenvalue weighted by atomic mass is 16.5. The van der Waals surface area contributed by atoms with Crippen molar-refractivity contribution in [2.24, 2.45) is 11.8 Å². The summed E-state index contributed by atoms with van der Waals surface area (Å²) in [5.74, 6) is 6.37. The number of hydrazine groups is 1. The molecular weight excluding hydrogens is 176 g/mol. The highest BCUT2D eigenvalue weighted by Crippen LogP contribution is 2.27. The van der Waals surface area contributed by atoms with Crippen LogP contribution in [0.3, 0.4) is 0 Å². The average Bonchev–Trinajstić information content (AvgIpc) is 2.25. The summed E-state index contributed by atoms with van der Waals surface area (Å²) in [5, 5.41) is 0.